The molecule has 0 radical (unpaired) electrons. The molecule has 1 aliphatic heterocycles. The summed E-state index contributed by atoms with van der Waals surface area (Å²) in [6.45, 7) is 6.48. The Kier molecular flexibility index (Phi) is 5.59. The predicted octanol–water partition coefficient (Wildman–Crippen LogP) is 4.59. The van der Waals surface area contributed by atoms with Crippen molar-refractivity contribution in [2.75, 3.05) is 18.4 Å². The second-order valence-corrected chi connectivity index (χ2v) is 7.10. The van der Waals surface area contributed by atoms with E-state index in [9.17, 15) is 4.79 Å². The van der Waals surface area contributed by atoms with E-state index in [4.69, 9.17) is 11.6 Å². The largest absolute Gasteiger partial charge is 0.365 e. The number of rotatable bonds is 4. The van der Waals surface area contributed by atoms with Gasteiger partial charge in [0, 0.05) is 25.8 Å². The molecule has 3 rings (SSSR count). The number of aromatic nitrogens is 1. The van der Waals surface area contributed by atoms with Gasteiger partial charge in [0.05, 0.1) is 10.6 Å². The fourth-order valence-electron chi connectivity index (χ4n) is 3.19. The first-order chi connectivity index (χ1) is 12.0. The van der Waals surface area contributed by atoms with Crippen molar-refractivity contribution in [2.45, 2.75) is 39.7 Å². The first-order valence-corrected chi connectivity index (χ1v) is 9.17. The van der Waals surface area contributed by atoms with Gasteiger partial charge in [-0.1, -0.05) is 35.4 Å². The van der Waals surface area contributed by atoms with E-state index >= 15 is 0 Å². The van der Waals surface area contributed by atoms with E-state index in [1.54, 1.807) is 12.3 Å². The normalized spacial score (nSPS) is 14.4. The summed E-state index contributed by atoms with van der Waals surface area (Å²) in [5.41, 5.74) is 4.25. The van der Waals surface area contributed by atoms with Gasteiger partial charge in [0.25, 0.3) is 5.91 Å². The van der Waals surface area contributed by atoms with Crippen molar-refractivity contribution in [3.63, 3.8) is 0 Å². The van der Waals surface area contributed by atoms with Gasteiger partial charge in [-0.05, 0) is 50.3 Å². The predicted molar refractivity (Wildman–Crippen MR) is 102 cm³/mol. The number of amides is 1. The molecule has 1 fully saturated rings. The van der Waals surface area contributed by atoms with Crippen molar-refractivity contribution < 1.29 is 4.79 Å². The summed E-state index contributed by atoms with van der Waals surface area (Å²) in [6, 6.07) is 8.08. The summed E-state index contributed by atoms with van der Waals surface area (Å²) in [5, 5.41) is 3.75. The highest BCUT2D eigenvalue weighted by molar-refractivity contribution is 6.33. The SMILES string of the molecule is Cc1ccc(CNc2ncc(C(=O)N3CCCCC3)cc2Cl)c(C)c1. The lowest BCUT2D eigenvalue weighted by Crippen LogP contribution is -2.35. The average Bonchev–Trinajstić information content (AvgIpc) is 2.62. The zero-order valence-corrected chi connectivity index (χ0v) is 15.6. The Labute approximate surface area is 154 Å². The summed E-state index contributed by atoms with van der Waals surface area (Å²) in [6.07, 6.45) is 4.96. The lowest BCUT2D eigenvalue weighted by Gasteiger charge is -2.26. The number of nitrogens with zero attached hydrogens (tertiary/aromatic N) is 2. The summed E-state index contributed by atoms with van der Waals surface area (Å²) in [5.74, 6) is 0.631. The van der Waals surface area contributed by atoms with Crippen LogP contribution in [0.3, 0.4) is 0 Å². The Morgan fingerprint density at radius 2 is 1.96 bits per heavy atom. The molecule has 25 heavy (non-hydrogen) atoms. The van der Waals surface area contributed by atoms with Crippen LogP contribution in [0.5, 0.6) is 0 Å². The number of aryl methyl sites for hydroxylation is 2. The maximum Gasteiger partial charge on any atom is 0.255 e. The van der Waals surface area contributed by atoms with Crippen LogP contribution in [0.2, 0.25) is 5.02 Å². The summed E-state index contributed by atoms with van der Waals surface area (Å²) < 4.78 is 0. The molecule has 1 saturated heterocycles. The lowest BCUT2D eigenvalue weighted by atomic mass is 10.1. The molecule has 1 amide bonds. The van der Waals surface area contributed by atoms with Gasteiger partial charge in [-0.15, -0.1) is 0 Å². The molecule has 1 aromatic carbocycles. The lowest BCUT2D eigenvalue weighted by molar-refractivity contribution is 0.0724. The highest BCUT2D eigenvalue weighted by Gasteiger charge is 2.19. The number of halogens is 1. The molecule has 0 spiro atoms. The van der Waals surface area contributed by atoms with Gasteiger partial charge in [0.15, 0.2) is 0 Å². The summed E-state index contributed by atoms with van der Waals surface area (Å²) >= 11 is 6.35. The molecule has 1 aromatic heterocycles. The number of pyridine rings is 1. The van der Waals surface area contributed by atoms with Crippen LogP contribution in [0.4, 0.5) is 5.82 Å². The Morgan fingerprint density at radius 3 is 2.64 bits per heavy atom. The summed E-state index contributed by atoms with van der Waals surface area (Å²) in [4.78, 5) is 18.8. The molecular weight excluding hydrogens is 334 g/mol. The molecule has 0 unspecified atom stereocenters. The van der Waals surface area contributed by atoms with Crippen molar-refractivity contribution in [3.05, 3.63) is 57.7 Å². The third-order valence-electron chi connectivity index (χ3n) is 4.68. The minimum Gasteiger partial charge on any atom is -0.365 e. The van der Waals surface area contributed by atoms with Crippen molar-refractivity contribution >= 4 is 23.3 Å². The zero-order chi connectivity index (χ0) is 17.8. The molecule has 2 heterocycles. The second kappa shape index (κ2) is 7.87. The zero-order valence-electron chi connectivity index (χ0n) is 14.8. The van der Waals surface area contributed by atoms with Crippen LogP contribution in [0.25, 0.3) is 0 Å². The van der Waals surface area contributed by atoms with Crippen LogP contribution in [0.1, 0.15) is 46.3 Å². The van der Waals surface area contributed by atoms with E-state index in [1.807, 2.05) is 4.90 Å². The Balaban J connectivity index is 1.68. The Hall–Kier alpha value is -2.07. The van der Waals surface area contributed by atoms with Gasteiger partial charge in [-0.2, -0.15) is 0 Å². The van der Waals surface area contributed by atoms with Gasteiger partial charge in [0.2, 0.25) is 0 Å². The van der Waals surface area contributed by atoms with Gasteiger partial charge >= 0.3 is 0 Å². The Bertz CT molecular complexity index is 770. The van der Waals surface area contributed by atoms with E-state index in [1.165, 1.54) is 23.1 Å². The highest BCUT2D eigenvalue weighted by atomic mass is 35.5. The first kappa shape index (κ1) is 17.7. The number of likely N-dealkylation sites (tertiary alicyclic amines) is 1. The molecule has 1 aliphatic rings. The molecule has 0 atom stereocenters. The van der Waals surface area contributed by atoms with Crippen LogP contribution < -0.4 is 5.32 Å². The van der Waals surface area contributed by atoms with Crippen molar-refractivity contribution in [1.29, 1.82) is 0 Å². The monoisotopic (exact) mass is 357 g/mol. The maximum atomic E-state index is 12.5. The minimum atomic E-state index is 0.0232. The first-order valence-electron chi connectivity index (χ1n) is 8.79. The van der Waals surface area contributed by atoms with Crippen molar-refractivity contribution in [3.8, 4) is 0 Å². The van der Waals surface area contributed by atoms with Gasteiger partial charge < -0.3 is 10.2 Å². The fourth-order valence-corrected chi connectivity index (χ4v) is 3.42. The van der Waals surface area contributed by atoms with E-state index in [0.29, 0.717) is 22.9 Å². The van der Waals surface area contributed by atoms with Crippen LogP contribution in [0.15, 0.2) is 30.5 Å². The summed E-state index contributed by atoms with van der Waals surface area (Å²) in [7, 11) is 0. The van der Waals surface area contributed by atoms with Crippen LogP contribution in [-0.4, -0.2) is 28.9 Å². The molecule has 0 bridgehead atoms. The number of carbonyl (C=O) groups excluding carboxylic acids is 1. The van der Waals surface area contributed by atoms with Crippen molar-refractivity contribution in [2.24, 2.45) is 0 Å². The highest BCUT2D eigenvalue weighted by Crippen LogP contribution is 2.23. The minimum absolute atomic E-state index is 0.0232. The van der Waals surface area contributed by atoms with Gasteiger partial charge in [-0.25, -0.2) is 4.98 Å². The number of hydrogen-bond donors (Lipinski definition) is 1. The van der Waals surface area contributed by atoms with E-state index in [-0.39, 0.29) is 5.91 Å². The van der Waals surface area contributed by atoms with Crippen LogP contribution in [-0.2, 0) is 6.54 Å². The number of nitrogens with one attached hydrogen (secondary N) is 1. The quantitative estimate of drug-likeness (QED) is 0.870. The molecule has 1 N–H and O–H groups in total. The third kappa shape index (κ3) is 4.31. The van der Waals surface area contributed by atoms with E-state index in [0.717, 1.165) is 25.9 Å². The van der Waals surface area contributed by atoms with Crippen LogP contribution in [0, 0.1) is 13.8 Å². The molecule has 132 valence electrons. The number of carbonyl (C=O) groups is 1. The standard InChI is InChI=1S/C20H24ClN3O/c1-14-6-7-16(15(2)10-14)12-22-19-18(21)11-17(13-23-19)20(25)24-8-4-3-5-9-24/h6-7,10-11,13H,3-5,8-9,12H2,1-2H3,(H,22,23). The molecule has 5 heteroatoms. The molecule has 2 aromatic rings. The van der Waals surface area contributed by atoms with Crippen LogP contribution >= 0.6 is 11.6 Å². The number of benzene rings is 1. The Morgan fingerprint density at radius 1 is 1.20 bits per heavy atom. The maximum absolute atomic E-state index is 12.5. The van der Waals surface area contributed by atoms with Gasteiger partial charge in [0.1, 0.15) is 5.82 Å². The molecule has 0 saturated carbocycles. The average molecular weight is 358 g/mol. The number of hydrogen-bond acceptors (Lipinski definition) is 3. The van der Waals surface area contributed by atoms with E-state index < -0.39 is 0 Å². The number of anilines is 1. The smallest absolute Gasteiger partial charge is 0.255 e. The van der Waals surface area contributed by atoms with E-state index in [2.05, 4.69) is 42.3 Å². The topological polar surface area (TPSA) is 45.2 Å². The molecule has 4 nitrogen and oxygen atoms in total. The van der Waals surface area contributed by atoms with Gasteiger partial charge in [-0.3, -0.25) is 4.79 Å². The van der Waals surface area contributed by atoms with Crippen molar-refractivity contribution in [1.82, 2.24) is 9.88 Å². The number of piperidine rings is 1. The second-order valence-electron chi connectivity index (χ2n) is 6.69. The fraction of sp³-hybridized carbons (Fsp3) is 0.400. The molecule has 0 aliphatic carbocycles. The molecular formula is C20H24ClN3O. The third-order valence-corrected chi connectivity index (χ3v) is 4.96.